The Kier molecular flexibility index (Phi) is 1.62. The number of hydrogen-bond acceptors (Lipinski definition) is 2. The van der Waals surface area contributed by atoms with Crippen molar-refractivity contribution in [3.63, 3.8) is 0 Å². The van der Waals surface area contributed by atoms with E-state index in [1.165, 1.54) is 22.5 Å². The molecule has 2 heterocycles. The number of benzene rings is 1. The summed E-state index contributed by atoms with van der Waals surface area (Å²) in [6, 6.07) is 8.33. The predicted octanol–water partition coefficient (Wildman–Crippen LogP) is 3.22. The summed E-state index contributed by atoms with van der Waals surface area (Å²) in [6.45, 7) is 0. The molecule has 1 aliphatic rings. The molecule has 2 aromatic rings. The van der Waals surface area contributed by atoms with E-state index in [2.05, 4.69) is 18.2 Å². The van der Waals surface area contributed by atoms with Crippen LogP contribution < -0.4 is 0 Å². The zero-order valence-corrected chi connectivity index (χ0v) is 8.06. The van der Waals surface area contributed by atoms with Crippen LogP contribution in [-0.2, 0) is 12.2 Å². The molecule has 0 radical (unpaired) electrons. The highest BCUT2D eigenvalue weighted by Gasteiger charge is 2.16. The molecule has 13 heavy (non-hydrogen) atoms. The molecule has 0 atom stereocenters. The number of rotatable bonds is 0. The van der Waals surface area contributed by atoms with Crippen LogP contribution in [-0.4, -0.2) is 5.75 Å². The summed E-state index contributed by atoms with van der Waals surface area (Å²) in [5.41, 5.74) is 2.49. The topological polar surface area (TPSA) is 13.1 Å². The van der Waals surface area contributed by atoms with E-state index in [0.717, 1.165) is 17.8 Å². The standard InChI is InChI=1S/C11H10OS/c1-2-4-10-8(3-1)9-5-6-13-7-11(9)12-10/h1-4H,5-7H2. The number of aryl methyl sites for hydroxylation is 1. The van der Waals surface area contributed by atoms with Crippen LogP contribution >= 0.6 is 11.8 Å². The van der Waals surface area contributed by atoms with Gasteiger partial charge in [-0.05, 0) is 18.2 Å². The lowest BCUT2D eigenvalue weighted by Crippen LogP contribution is -1.98. The molecule has 1 aliphatic heterocycles. The van der Waals surface area contributed by atoms with Crippen LogP contribution in [0.15, 0.2) is 28.7 Å². The van der Waals surface area contributed by atoms with E-state index in [0.29, 0.717) is 0 Å². The molecule has 0 aliphatic carbocycles. The van der Waals surface area contributed by atoms with Crippen LogP contribution in [0.2, 0.25) is 0 Å². The van der Waals surface area contributed by atoms with Crippen molar-refractivity contribution in [2.24, 2.45) is 0 Å². The first kappa shape index (κ1) is 7.51. The third-order valence-corrected chi connectivity index (χ3v) is 3.47. The monoisotopic (exact) mass is 190 g/mol. The van der Waals surface area contributed by atoms with E-state index in [1.807, 2.05) is 17.8 Å². The summed E-state index contributed by atoms with van der Waals surface area (Å²) in [7, 11) is 0. The van der Waals surface area contributed by atoms with Crippen molar-refractivity contribution in [3.8, 4) is 0 Å². The molecule has 3 rings (SSSR count). The summed E-state index contributed by atoms with van der Waals surface area (Å²) in [4.78, 5) is 0. The quantitative estimate of drug-likeness (QED) is 0.632. The van der Waals surface area contributed by atoms with Crippen LogP contribution in [0, 0.1) is 0 Å². The average Bonchev–Trinajstić information content (AvgIpc) is 2.56. The highest BCUT2D eigenvalue weighted by Crippen LogP contribution is 2.33. The number of furan rings is 1. The van der Waals surface area contributed by atoms with Crippen LogP contribution in [0.3, 0.4) is 0 Å². The van der Waals surface area contributed by atoms with E-state index < -0.39 is 0 Å². The van der Waals surface area contributed by atoms with Crippen molar-refractivity contribution in [1.29, 1.82) is 0 Å². The van der Waals surface area contributed by atoms with Crippen LogP contribution in [0.25, 0.3) is 11.0 Å². The highest BCUT2D eigenvalue weighted by atomic mass is 32.2. The van der Waals surface area contributed by atoms with Crippen molar-refractivity contribution in [2.75, 3.05) is 5.75 Å². The second kappa shape index (κ2) is 2.81. The molecule has 0 amide bonds. The van der Waals surface area contributed by atoms with Gasteiger partial charge in [-0.25, -0.2) is 0 Å². The Hall–Kier alpha value is -0.890. The molecule has 0 fully saturated rings. The van der Waals surface area contributed by atoms with Gasteiger partial charge in [-0.3, -0.25) is 0 Å². The molecule has 0 saturated carbocycles. The molecular formula is C11H10OS. The summed E-state index contributed by atoms with van der Waals surface area (Å²) >= 11 is 1.96. The van der Waals surface area contributed by atoms with Gasteiger partial charge in [0.15, 0.2) is 0 Å². The van der Waals surface area contributed by atoms with Crippen LogP contribution in [0.1, 0.15) is 11.3 Å². The van der Waals surface area contributed by atoms with Gasteiger partial charge in [0, 0.05) is 10.9 Å². The first-order chi connectivity index (χ1) is 6.45. The maximum Gasteiger partial charge on any atom is 0.134 e. The number of fused-ring (bicyclic) bond motifs is 3. The molecule has 1 aromatic carbocycles. The van der Waals surface area contributed by atoms with Crippen molar-refractivity contribution in [1.82, 2.24) is 0 Å². The Balaban J connectivity index is 2.34. The van der Waals surface area contributed by atoms with Gasteiger partial charge < -0.3 is 4.42 Å². The molecule has 0 unspecified atom stereocenters. The first-order valence-electron chi connectivity index (χ1n) is 4.52. The van der Waals surface area contributed by atoms with Crippen molar-refractivity contribution < 1.29 is 4.42 Å². The lowest BCUT2D eigenvalue weighted by Gasteiger charge is -2.08. The fraction of sp³-hybridized carbons (Fsp3) is 0.273. The van der Waals surface area contributed by atoms with Gasteiger partial charge in [-0.1, -0.05) is 18.2 Å². The van der Waals surface area contributed by atoms with Crippen molar-refractivity contribution in [2.45, 2.75) is 12.2 Å². The fourth-order valence-corrected chi connectivity index (χ4v) is 2.79. The Morgan fingerprint density at radius 3 is 3.15 bits per heavy atom. The van der Waals surface area contributed by atoms with Gasteiger partial charge in [-0.2, -0.15) is 11.8 Å². The van der Waals surface area contributed by atoms with E-state index in [4.69, 9.17) is 4.42 Å². The molecular weight excluding hydrogens is 180 g/mol. The minimum absolute atomic E-state index is 1.05. The second-order valence-corrected chi connectivity index (χ2v) is 4.41. The molecule has 66 valence electrons. The summed E-state index contributed by atoms with van der Waals surface area (Å²) in [5, 5.41) is 1.32. The number of para-hydroxylation sites is 1. The smallest absolute Gasteiger partial charge is 0.134 e. The Morgan fingerprint density at radius 1 is 1.23 bits per heavy atom. The fourth-order valence-electron chi connectivity index (χ4n) is 1.88. The van der Waals surface area contributed by atoms with E-state index in [-0.39, 0.29) is 0 Å². The van der Waals surface area contributed by atoms with Gasteiger partial charge in [0.25, 0.3) is 0 Å². The zero-order valence-electron chi connectivity index (χ0n) is 7.25. The maximum absolute atomic E-state index is 5.77. The largest absolute Gasteiger partial charge is 0.460 e. The predicted molar refractivity (Wildman–Crippen MR) is 56.1 cm³/mol. The average molecular weight is 190 g/mol. The molecule has 0 N–H and O–H groups in total. The summed E-state index contributed by atoms with van der Waals surface area (Å²) < 4.78 is 5.77. The zero-order chi connectivity index (χ0) is 8.67. The minimum Gasteiger partial charge on any atom is -0.460 e. The summed E-state index contributed by atoms with van der Waals surface area (Å²) in [6.07, 6.45) is 1.16. The minimum atomic E-state index is 1.05. The lowest BCUT2D eigenvalue weighted by atomic mass is 10.1. The van der Waals surface area contributed by atoms with Crippen molar-refractivity contribution in [3.05, 3.63) is 35.6 Å². The summed E-state index contributed by atoms with van der Waals surface area (Å²) in [5.74, 6) is 3.47. The maximum atomic E-state index is 5.77. The Morgan fingerprint density at radius 2 is 2.15 bits per heavy atom. The first-order valence-corrected chi connectivity index (χ1v) is 5.67. The number of hydrogen-bond donors (Lipinski definition) is 0. The molecule has 2 heteroatoms. The van der Waals surface area contributed by atoms with E-state index in [1.54, 1.807) is 0 Å². The van der Waals surface area contributed by atoms with Crippen molar-refractivity contribution >= 4 is 22.7 Å². The van der Waals surface area contributed by atoms with Gasteiger partial charge in [-0.15, -0.1) is 0 Å². The highest BCUT2D eigenvalue weighted by molar-refractivity contribution is 7.98. The van der Waals surface area contributed by atoms with Crippen LogP contribution in [0.4, 0.5) is 0 Å². The second-order valence-electron chi connectivity index (χ2n) is 3.30. The number of thioether (sulfide) groups is 1. The molecule has 1 aromatic heterocycles. The Bertz CT molecular complexity index is 444. The lowest BCUT2D eigenvalue weighted by molar-refractivity contribution is 0.566. The van der Waals surface area contributed by atoms with Gasteiger partial charge in [0.1, 0.15) is 11.3 Å². The third kappa shape index (κ3) is 1.09. The molecule has 0 spiro atoms. The normalized spacial score (nSPS) is 16.0. The molecule has 0 bridgehead atoms. The van der Waals surface area contributed by atoms with Crippen LogP contribution in [0.5, 0.6) is 0 Å². The SMILES string of the molecule is c1ccc2c3c(oc2c1)CSCC3. The van der Waals surface area contributed by atoms with Gasteiger partial charge in [0.05, 0.1) is 5.75 Å². The van der Waals surface area contributed by atoms with Gasteiger partial charge in [0.2, 0.25) is 0 Å². The van der Waals surface area contributed by atoms with Gasteiger partial charge >= 0.3 is 0 Å². The van der Waals surface area contributed by atoms with E-state index >= 15 is 0 Å². The Labute approximate surface area is 81.1 Å². The van der Waals surface area contributed by atoms with E-state index in [9.17, 15) is 0 Å². The molecule has 0 saturated heterocycles. The molecule has 1 nitrogen and oxygen atoms in total. The third-order valence-electron chi connectivity index (χ3n) is 2.51.